The summed E-state index contributed by atoms with van der Waals surface area (Å²) >= 11 is 0. The quantitative estimate of drug-likeness (QED) is 0.571. The number of likely N-dealkylation sites (N-methyl/N-ethyl adjacent to an activating group) is 1. The average molecular weight is 343 g/mol. The summed E-state index contributed by atoms with van der Waals surface area (Å²) in [6, 6.07) is 2.22. The Balaban J connectivity index is 1.96. The fourth-order valence-electron chi connectivity index (χ4n) is 3.31. The fraction of sp³-hybridized carbons (Fsp3) is 0.353. The molecule has 2 aliphatic heterocycles. The van der Waals surface area contributed by atoms with Crippen LogP contribution in [0, 0.1) is 0 Å². The summed E-state index contributed by atoms with van der Waals surface area (Å²) in [5.41, 5.74) is 2.10. The van der Waals surface area contributed by atoms with Crippen molar-refractivity contribution in [1.29, 1.82) is 0 Å². The van der Waals surface area contributed by atoms with Crippen molar-refractivity contribution in [3.63, 3.8) is 0 Å². The van der Waals surface area contributed by atoms with E-state index in [0.717, 1.165) is 22.4 Å². The molecule has 25 heavy (non-hydrogen) atoms. The van der Waals surface area contributed by atoms with Gasteiger partial charge in [0.1, 0.15) is 12.3 Å². The molecule has 2 aliphatic rings. The Morgan fingerprint density at radius 1 is 1.16 bits per heavy atom. The third kappa shape index (κ3) is 2.69. The van der Waals surface area contributed by atoms with E-state index in [4.69, 9.17) is 0 Å². The molecular weight excluding hydrogens is 326 g/mol. The van der Waals surface area contributed by atoms with Crippen LogP contribution in [0.5, 0.6) is 0 Å². The monoisotopic (exact) mass is 343 g/mol. The van der Waals surface area contributed by atoms with Crippen molar-refractivity contribution >= 4 is 30.4 Å². The zero-order valence-electron chi connectivity index (χ0n) is 13.7. The lowest BCUT2D eigenvalue weighted by Gasteiger charge is -2.24. The highest BCUT2D eigenvalue weighted by Crippen LogP contribution is 2.32. The van der Waals surface area contributed by atoms with Gasteiger partial charge in [-0.05, 0) is 29.7 Å². The Morgan fingerprint density at radius 2 is 1.72 bits per heavy atom. The summed E-state index contributed by atoms with van der Waals surface area (Å²) in [5.74, 6) is -1.59. The minimum absolute atomic E-state index is 0.0658. The van der Waals surface area contributed by atoms with Crippen LogP contribution >= 0.6 is 0 Å². The number of hydrogen-bond donors (Lipinski definition) is 1. The van der Waals surface area contributed by atoms with E-state index in [2.05, 4.69) is 5.32 Å². The summed E-state index contributed by atoms with van der Waals surface area (Å²) < 4.78 is 0. The second kappa shape index (κ2) is 6.46. The number of fused-ring (bicyclic) bond motifs is 2. The molecule has 0 fully saturated rings. The van der Waals surface area contributed by atoms with Crippen LogP contribution < -0.4 is 5.32 Å². The van der Waals surface area contributed by atoms with Crippen molar-refractivity contribution < 1.29 is 24.0 Å². The number of rotatable bonds is 6. The van der Waals surface area contributed by atoms with Gasteiger partial charge in [0, 0.05) is 26.6 Å². The van der Waals surface area contributed by atoms with E-state index >= 15 is 0 Å². The van der Waals surface area contributed by atoms with Crippen LogP contribution in [0.15, 0.2) is 12.1 Å². The smallest absolute Gasteiger partial charge is 0.262 e. The molecule has 130 valence electrons. The Kier molecular flexibility index (Phi) is 4.35. The summed E-state index contributed by atoms with van der Waals surface area (Å²) in [6.45, 7) is 0.773. The predicted molar refractivity (Wildman–Crippen MR) is 85.4 cm³/mol. The molecule has 1 unspecified atom stereocenters. The van der Waals surface area contributed by atoms with Crippen molar-refractivity contribution in [2.75, 3.05) is 7.05 Å². The normalized spacial score (nSPS) is 16.5. The number of hydrogen-bond acceptors (Lipinski definition) is 5. The fourth-order valence-corrected chi connectivity index (χ4v) is 3.31. The maximum absolute atomic E-state index is 12.7. The summed E-state index contributed by atoms with van der Waals surface area (Å²) in [4.78, 5) is 61.6. The largest absolute Gasteiger partial charge is 0.357 e. The molecule has 0 aliphatic carbocycles. The van der Waals surface area contributed by atoms with Gasteiger partial charge in [0.05, 0.1) is 11.1 Å². The second-order valence-corrected chi connectivity index (χ2v) is 6.03. The lowest BCUT2D eigenvalue weighted by atomic mass is 10.0. The number of nitrogens with one attached hydrogen (secondary N) is 1. The van der Waals surface area contributed by atoms with Crippen LogP contribution in [-0.4, -0.2) is 53.3 Å². The molecule has 4 amide bonds. The summed E-state index contributed by atoms with van der Waals surface area (Å²) in [6.07, 6.45) is 1.52. The number of amides is 4. The molecule has 0 aromatic heterocycles. The maximum atomic E-state index is 12.7. The Labute approximate surface area is 143 Å². The number of carbonyl (C=O) groups is 5. The molecular formula is C17H17N3O5. The molecule has 3 rings (SSSR count). The van der Waals surface area contributed by atoms with E-state index in [9.17, 15) is 24.0 Å². The molecule has 1 N–H and O–H groups in total. The van der Waals surface area contributed by atoms with Gasteiger partial charge in [-0.1, -0.05) is 0 Å². The highest BCUT2D eigenvalue weighted by Gasteiger charge is 2.43. The summed E-state index contributed by atoms with van der Waals surface area (Å²) in [5, 5.41) is 2.43. The molecule has 0 saturated heterocycles. The summed E-state index contributed by atoms with van der Waals surface area (Å²) in [7, 11) is 1.41. The first-order chi connectivity index (χ1) is 12.0. The third-order valence-corrected chi connectivity index (χ3v) is 4.55. The Bertz CT molecular complexity index is 744. The van der Waals surface area contributed by atoms with Crippen molar-refractivity contribution in [1.82, 2.24) is 15.1 Å². The van der Waals surface area contributed by atoms with E-state index in [1.807, 2.05) is 0 Å². The third-order valence-electron chi connectivity index (χ3n) is 4.55. The van der Waals surface area contributed by atoms with Gasteiger partial charge in [-0.25, -0.2) is 0 Å². The Hall–Kier alpha value is -3.03. The molecule has 1 atom stereocenters. The van der Waals surface area contributed by atoms with Crippen LogP contribution in [0.4, 0.5) is 0 Å². The average Bonchev–Trinajstić information content (AvgIpc) is 3.13. The molecule has 0 bridgehead atoms. The number of nitrogens with zero attached hydrogens (tertiary/aromatic N) is 2. The highest BCUT2D eigenvalue weighted by atomic mass is 16.2. The van der Waals surface area contributed by atoms with Crippen LogP contribution in [0.25, 0.3) is 0 Å². The van der Waals surface area contributed by atoms with Gasteiger partial charge in [-0.3, -0.25) is 24.1 Å². The number of carbonyl (C=O) groups excluding carboxylic acids is 5. The van der Waals surface area contributed by atoms with Crippen molar-refractivity contribution in [3.05, 3.63) is 34.4 Å². The van der Waals surface area contributed by atoms with Crippen LogP contribution in [0.1, 0.15) is 44.7 Å². The predicted octanol–water partition coefficient (Wildman–Crippen LogP) is -0.152. The SMILES string of the molecule is CNC(=O)C(CCC=O)N1C(=O)c2cc3c(cc2C1=O)CN(C=O)C3. The first-order valence-electron chi connectivity index (χ1n) is 7.90. The van der Waals surface area contributed by atoms with E-state index in [1.54, 1.807) is 17.0 Å². The lowest BCUT2D eigenvalue weighted by Crippen LogP contribution is -2.48. The van der Waals surface area contributed by atoms with Crippen LogP contribution in [0.2, 0.25) is 0 Å². The topological polar surface area (TPSA) is 104 Å². The number of imide groups is 1. The molecule has 1 aromatic carbocycles. The molecule has 1 aromatic rings. The lowest BCUT2D eigenvalue weighted by molar-refractivity contribution is -0.124. The molecule has 0 spiro atoms. The molecule has 0 radical (unpaired) electrons. The molecule has 8 heteroatoms. The van der Waals surface area contributed by atoms with Gasteiger partial charge in [0.15, 0.2) is 0 Å². The first kappa shape index (κ1) is 16.8. The van der Waals surface area contributed by atoms with Gasteiger partial charge >= 0.3 is 0 Å². The molecule has 2 heterocycles. The van der Waals surface area contributed by atoms with Crippen molar-refractivity contribution in [2.24, 2.45) is 0 Å². The molecule has 0 saturated carbocycles. The van der Waals surface area contributed by atoms with Gasteiger partial charge in [-0.2, -0.15) is 0 Å². The highest BCUT2D eigenvalue weighted by molar-refractivity contribution is 6.23. The zero-order valence-corrected chi connectivity index (χ0v) is 13.7. The van der Waals surface area contributed by atoms with E-state index in [1.165, 1.54) is 7.05 Å². The van der Waals surface area contributed by atoms with Gasteiger partial charge in [0.25, 0.3) is 11.8 Å². The maximum Gasteiger partial charge on any atom is 0.262 e. The molecule has 8 nitrogen and oxygen atoms in total. The van der Waals surface area contributed by atoms with Crippen LogP contribution in [0.3, 0.4) is 0 Å². The first-order valence-corrected chi connectivity index (χ1v) is 7.90. The second-order valence-electron chi connectivity index (χ2n) is 6.03. The minimum atomic E-state index is -1.02. The van der Waals surface area contributed by atoms with E-state index in [0.29, 0.717) is 19.4 Å². The van der Waals surface area contributed by atoms with E-state index in [-0.39, 0.29) is 24.0 Å². The van der Waals surface area contributed by atoms with Crippen molar-refractivity contribution in [2.45, 2.75) is 32.0 Å². The van der Waals surface area contributed by atoms with Gasteiger partial charge < -0.3 is 15.0 Å². The zero-order chi connectivity index (χ0) is 18.1. The van der Waals surface area contributed by atoms with Crippen LogP contribution in [-0.2, 0) is 27.5 Å². The standard InChI is InChI=1S/C17H17N3O5/c1-18-15(23)14(3-2-4-21)20-16(24)12-5-10-7-19(9-22)8-11(10)6-13(12)17(20)25/h4-6,9,14H,2-3,7-8H2,1H3,(H,18,23). The minimum Gasteiger partial charge on any atom is -0.357 e. The Morgan fingerprint density at radius 3 is 2.16 bits per heavy atom. The number of aldehydes is 1. The van der Waals surface area contributed by atoms with Gasteiger partial charge in [-0.15, -0.1) is 0 Å². The van der Waals surface area contributed by atoms with Crippen molar-refractivity contribution in [3.8, 4) is 0 Å². The van der Waals surface area contributed by atoms with Gasteiger partial charge in [0.2, 0.25) is 12.3 Å². The number of benzene rings is 1. The van der Waals surface area contributed by atoms with E-state index < -0.39 is 23.8 Å².